The summed E-state index contributed by atoms with van der Waals surface area (Å²) in [5.74, 6) is -0.784. The number of hydrogen-bond donors (Lipinski definition) is 1. The lowest BCUT2D eigenvalue weighted by Crippen LogP contribution is -2.29. The highest BCUT2D eigenvalue weighted by Gasteiger charge is 2.32. The van der Waals surface area contributed by atoms with Gasteiger partial charge in [-0.3, -0.25) is 14.5 Å². The molecule has 2 aromatic heterocycles. The van der Waals surface area contributed by atoms with E-state index in [1.807, 2.05) is 0 Å². The van der Waals surface area contributed by atoms with E-state index in [4.69, 9.17) is 0 Å². The van der Waals surface area contributed by atoms with Crippen molar-refractivity contribution in [1.29, 1.82) is 0 Å². The van der Waals surface area contributed by atoms with Crippen molar-refractivity contribution in [2.75, 3.05) is 6.61 Å². The van der Waals surface area contributed by atoms with Crippen molar-refractivity contribution in [3.8, 4) is 5.75 Å². The average Bonchev–Trinajstić information content (AvgIpc) is 3.00. The van der Waals surface area contributed by atoms with E-state index in [0.29, 0.717) is 5.69 Å². The Morgan fingerprint density at radius 3 is 2.45 bits per heavy atom. The smallest absolute Gasteiger partial charge is 0.422 e. The van der Waals surface area contributed by atoms with Gasteiger partial charge >= 0.3 is 12.4 Å². The molecule has 166 valence electrons. The SMILES string of the molecule is CC(NC(=O)c1c2cc(C(F)(F)F)ccc2nn1C)c1ccc(OCC(F)(F)F)cn1. The third kappa shape index (κ3) is 5.25. The lowest BCUT2D eigenvalue weighted by molar-refractivity contribution is -0.153. The first kappa shape index (κ1) is 22.4. The number of nitrogens with one attached hydrogen (secondary N) is 1. The van der Waals surface area contributed by atoms with Gasteiger partial charge < -0.3 is 10.1 Å². The molecule has 3 rings (SSSR count). The minimum absolute atomic E-state index is 0.0332. The molecule has 6 nitrogen and oxygen atoms in total. The number of rotatable bonds is 5. The third-order valence-corrected chi connectivity index (χ3v) is 4.33. The van der Waals surface area contributed by atoms with Crippen molar-refractivity contribution >= 4 is 16.8 Å². The summed E-state index contributed by atoms with van der Waals surface area (Å²) in [6.07, 6.45) is -7.98. The van der Waals surface area contributed by atoms with E-state index >= 15 is 0 Å². The van der Waals surface area contributed by atoms with Gasteiger partial charge in [0.1, 0.15) is 11.4 Å². The van der Waals surface area contributed by atoms with Crippen LogP contribution in [0.15, 0.2) is 36.5 Å². The van der Waals surface area contributed by atoms with E-state index in [1.165, 1.54) is 29.9 Å². The summed E-state index contributed by atoms with van der Waals surface area (Å²) in [7, 11) is 1.43. The maximum Gasteiger partial charge on any atom is 0.422 e. The Morgan fingerprint density at radius 1 is 1.16 bits per heavy atom. The fraction of sp³-hybridized carbons (Fsp3) is 0.316. The van der Waals surface area contributed by atoms with Crippen molar-refractivity contribution in [3.05, 3.63) is 53.5 Å². The molecule has 0 saturated heterocycles. The molecule has 0 saturated carbocycles. The van der Waals surface area contributed by atoms with Gasteiger partial charge in [0.05, 0.1) is 29.0 Å². The highest BCUT2D eigenvalue weighted by atomic mass is 19.4. The number of carbonyl (C=O) groups excluding carboxylic acids is 1. The number of aromatic nitrogens is 3. The average molecular weight is 446 g/mol. The lowest BCUT2D eigenvalue weighted by atomic mass is 10.1. The molecule has 0 bridgehead atoms. The molecule has 1 N–H and O–H groups in total. The monoisotopic (exact) mass is 446 g/mol. The van der Waals surface area contributed by atoms with Crippen LogP contribution in [0, 0.1) is 0 Å². The van der Waals surface area contributed by atoms with Gasteiger partial charge in [0.15, 0.2) is 6.61 Å². The molecule has 1 atom stereocenters. The number of aryl methyl sites for hydroxylation is 1. The number of amides is 1. The van der Waals surface area contributed by atoms with Crippen LogP contribution in [-0.2, 0) is 13.2 Å². The van der Waals surface area contributed by atoms with Crippen LogP contribution in [0.3, 0.4) is 0 Å². The van der Waals surface area contributed by atoms with E-state index in [-0.39, 0.29) is 22.3 Å². The topological polar surface area (TPSA) is 69.0 Å². The lowest BCUT2D eigenvalue weighted by Gasteiger charge is -2.15. The minimum Gasteiger partial charge on any atom is -0.483 e. The molecule has 0 aliphatic carbocycles. The Hall–Kier alpha value is -3.31. The second kappa shape index (κ2) is 8.08. The fourth-order valence-electron chi connectivity index (χ4n) is 2.88. The molecule has 1 amide bonds. The van der Waals surface area contributed by atoms with Gasteiger partial charge in [-0.2, -0.15) is 31.4 Å². The maximum atomic E-state index is 13.0. The Labute approximate surface area is 171 Å². The number of carbonyl (C=O) groups is 1. The van der Waals surface area contributed by atoms with Crippen LogP contribution in [0.4, 0.5) is 26.3 Å². The van der Waals surface area contributed by atoms with Crippen LogP contribution in [0.2, 0.25) is 0 Å². The first-order valence-corrected chi connectivity index (χ1v) is 8.85. The largest absolute Gasteiger partial charge is 0.483 e. The molecular formula is C19H16F6N4O2. The molecule has 1 unspecified atom stereocenters. The summed E-state index contributed by atoms with van der Waals surface area (Å²) in [6.45, 7) is 0.101. The number of hydrogen-bond acceptors (Lipinski definition) is 4. The van der Waals surface area contributed by atoms with E-state index in [1.54, 1.807) is 6.92 Å². The third-order valence-electron chi connectivity index (χ3n) is 4.33. The predicted octanol–water partition coefficient (Wildman–Crippen LogP) is 4.42. The number of alkyl halides is 6. The zero-order valence-electron chi connectivity index (χ0n) is 16.2. The van der Waals surface area contributed by atoms with Crippen LogP contribution in [-0.4, -0.2) is 33.5 Å². The van der Waals surface area contributed by atoms with Gasteiger partial charge in [-0.05, 0) is 37.3 Å². The van der Waals surface area contributed by atoms with E-state index in [2.05, 4.69) is 20.1 Å². The Balaban J connectivity index is 1.78. The minimum atomic E-state index is -4.58. The molecule has 0 radical (unpaired) electrons. The summed E-state index contributed by atoms with van der Waals surface area (Å²) >= 11 is 0. The zero-order chi connectivity index (χ0) is 23.0. The van der Waals surface area contributed by atoms with E-state index in [0.717, 1.165) is 18.3 Å². The van der Waals surface area contributed by atoms with Gasteiger partial charge in [-0.1, -0.05) is 0 Å². The standard InChI is InChI=1S/C19H16F6N4O2/c1-10(14-6-4-12(8-26-14)31-9-18(20,21)22)27-17(30)16-13-7-11(19(23,24)25)3-5-15(13)28-29(16)2/h3-8,10H,9H2,1-2H3,(H,27,30). The molecule has 0 fully saturated rings. The van der Waals surface area contributed by atoms with Gasteiger partial charge in [-0.15, -0.1) is 0 Å². The van der Waals surface area contributed by atoms with Crippen LogP contribution < -0.4 is 10.1 Å². The molecule has 2 heterocycles. The molecule has 1 aromatic carbocycles. The van der Waals surface area contributed by atoms with Crippen molar-refractivity contribution in [1.82, 2.24) is 20.1 Å². The van der Waals surface area contributed by atoms with Crippen LogP contribution in [0.5, 0.6) is 5.75 Å². The Morgan fingerprint density at radius 2 is 1.87 bits per heavy atom. The summed E-state index contributed by atoms with van der Waals surface area (Å²) in [4.78, 5) is 16.7. The second-order valence-corrected chi connectivity index (χ2v) is 6.72. The van der Waals surface area contributed by atoms with Crippen LogP contribution >= 0.6 is 0 Å². The summed E-state index contributed by atoms with van der Waals surface area (Å²) in [5.41, 5.74) is -0.447. The normalized spacial score (nSPS) is 13.3. The predicted molar refractivity (Wildman–Crippen MR) is 97.4 cm³/mol. The van der Waals surface area contributed by atoms with E-state index in [9.17, 15) is 31.1 Å². The first-order chi connectivity index (χ1) is 14.3. The molecule has 0 aliphatic heterocycles. The van der Waals surface area contributed by atoms with Crippen LogP contribution in [0.1, 0.15) is 34.7 Å². The molecule has 0 spiro atoms. The Kier molecular flexibility index (Phi) is 5.83. The van der Waals surface area contributed by atoms with Crippen LogP contribution in [0.25, 0.3) is 10.9 Å². The molecule has 3 aromatic rings. The van der Waals surface area contributed by atoms with Crippen molar-refractivity contribution in [3.63, 3.8) is 0 Å². The fourth-order valence-corrected chi connectivity index (χ4v) is 2.88. The van der Waals surface area contributed by atoms with Crippen molar-refractivity contribution < 1.29 is 35.9 Å². The second-order valence-electron chi connectivity index (χ2n) is 6.72. The maximum absolute atomic E-state index is 13.0. The molecular weight excluding hydrogens is 430 g/mol. The van der Waals surface area contributed by atoms with Crippen molar-refractivity contribution in [2.45, 2.75) is 25.3 Å². The number of halogens is 6. The number of nitrogens with zero attached hydrogens (tertiary/aromatic N) is 3. The molecule has 31 heavy (non-hydrogen) atoms. The highest BCUT2D eigenvalue weighted by molar-refractivity contribution is 6.05. The number of pyridine rings is 1. The van der Waals surface area contributed by atoms with E-state index < -0.39 is 36.5 Å². The van der Waals surface area contributed by atoms with Crippen molar-refractivity contribution in [2.24, 2.45) is 7.05 Å². The number of benzene rings is 1. The first-order valence-electron chi connectivity index (χ1n) is 8.85. The number of fused-ring (bicyclic) bond motifs is 1. The molecule has 0 aliphatic rings. The summed E-state index contributed by atoms with van der Waals surface area (Å²) in [6, 6.07) is 4.87. The quantitative estimate of drug-likeness (QED) is 0.590. The van der Waals surface area contributed by atoms with Gasteiger partial charge in [0.2, 0.25) is 0 Å². The summed E-state index contributed by atoms with van der Waals surface area (Å²) in [5, 5.41) is 6.69. The Bertz CT molecular complexity index is 1090. The highest BCUT2D eigenvalue weighted by Crippen LogP contribution is 2.32. The van der Waals surface area contributed by atoms with Gasteiger partial charge in [-0.25, -0.2) is 0 Å². The molecule has 12 heteroatoms. The summed E-state index contributed by atoms with van der Waals surface area (Å²) < 4.78 is 81.4. The zero-order valence-corrected chi connectivity index (χ0v) is 16.2. The number of ether oxygens (including phenoxy) is 1. The van der Waals surface area contributed by atoms with Gasteiger partial charge in [0, 0.05) is 12.4 Å². The van der Waals surface area contributed by atoms with Gasteiger partial charge in [0.25, 0.3) is 5.91 Å².